The van der Waals surface area contributed by atoms with Crippen LogP contribution < -0.4 is 0 Å². The zero-order valence-corrected chi connectivity index (χ0v) is 5.12. The standard InChI is InChI=1S/C5H2F2N2O2/c6-3-2-8-5(7)1-4(3)9(10)11/h1-2H. The topological polar surface area (TPSA) is 56.0 Å². The third kappa shape index (κ3) is 1.46. The Morgan fingerprint density at radius 3 is 2.64 bits per heavy atom. The molecule has 6 heteroatoms. The lowest BCUT2D eigenvalue weighted by molar-refractivity contribution is -0.387. The molecule has 58 valence electrons. The van der Waals surface area contributed by atoms with E-state index in [-0.39, 0.29) is 0 Å². The quantitative estimate of drug-likeness (QED) is 0.353. The summed E-state index contributed by atoms with van der Waals surface area (Å²) in [4.78, 5) is 11.8. The van der Waals surface area contributed by atoms with Gasteiger partial charge in [0, 0.05) is 0 Å². The fourth-order valence-corrected chi connectivity index (χ4v) is 0.543. The fourth-order valence-electron chi connectivity index (χ4n) is 0.543. The average molecular weight is 160 g/mol. The highest BCUT2D eigenvalue weighted by Gasteiger charge is 2.14. The number of hydrogen-bond acceptors (Lipinski definition) is 3. The van der Waals surface area contributed by atoms with Crippen LogP contribution in [0, 0.1) is 21.9 Å². The molecule has 11 heavy (non-hydrogen) atoms. The second kappa shape index (κ2) is 2.57. The fraction of sp³-hybridized carbons (Fsp3) is 0. The van der Waals surface area contributed by atoms with Crippen molar-refractivity contribution < 1.29 is 13.7 Å². The molecule has 0 aliphatic carbocycles. The number of nitro groups is 1. The van der Waals surface area contributed by atoms with Crippen LogP contribution in [0.1, 0.15) is 0 Å². The predicted molar refractivity (Wildman–Crippen MR) is 30.8 cm³/mol. The van der Waals surface area contributed by atoms with Crippen LogP contribution >= 0.6 is 0 Å². The number of hydrogen-bond donors (Lipinski definition) is 0. The molecule has 0 saturated carbocycles. The highest BCUT2D eigenvalue weighted by atomic mass is 19.1. The molecule has 4 nitrogen and oxygen atoms in total. The van der Waals surface area contributed by atoms with E-state index in [1.165, 1.54) is 0 Å². The highest BCUT2D eigenvalue weighted by Crippen LogP contribution is 2.15. The largest absolute Gasteiger partial charge is 0.310 e. The molecule has 0 bridgehead atoms. The Balaban J connectivity index is 3.23. The van der Waals surface area contributed by atoms with Crippen molar-refractivity contribution in [1.82, 2.24) is 4.98 Å². The minimum Gasteiger partial charge on any atom is -0.258 e. The van der Waals surface area contributed by atoms with Crippen LogP contribution in [0.5, 0.6) is 0 Å². The zero-order chi connectivity index (χ0) is 8.43. The summed E-state index contributed by atoms with van der Waals surface area (Å²) in [5.74, 6) is -2.21. The molecule has 1 heterocycles. The smallest absolute Gasteiger partial charge is 0.258 e. The van der Waals surface area contributed by atoms with Gasteiger partial charge in [-0.2, -0.15) is 8.78 Å². The molecule has 0 atom stereocenters. The molecule has 0 fully saturated rings. The summed E-state index contributed by atoms with van der Waals surface area (Å²) in [7, 11) is 0. The van der Waals surface area contributed by atoms with Crippen molar-refractivity contribution in [2.75, 3.05) is 0 Å². The number of halogens is 2. The van der Waals surface area contributed by atoms with Crippen molar-refractivity contribution in [3.63, 3.8) is 0 Å². The van der Waals surface area contributed by atoms with Gasteiger partial charge in [0.1, 0.15) is 0 Å². The van der Waals surface area contributed by atoms with Crippen molar-refractivity contribution >= 4 is 5.69 Å². The van der Waals surface area contributed by atoms with E-state index in [9.17, 15) is 18.9 Å². The Morgan fingerprint density at radius 1 is 1.55 bits per heavy atom. The van der Waals surface area contributed by atoms with Crippen molar-refractivity contribution in [3.8, 4) is 0 Å². The minimum atomic E-state index is -1.14. The maximum atomic E-state index is 12.3. The first-order valence-corrected chi connectivity index (χ1v) is 2.56. The van der Waals surface area contributed by atoms with E-state index < -0.39 is 22.4 Å². The van der Waals surface area contributed by atoms with Gasteiger partial charge in [-0.25, -0.2) is 4.98 Å². The Labute approximate surface area is 59.6 Å². The number of aromatic nitrogens is 1. The first-order chi connectivity index (χ1) is 5.11. The summed E-state index contributed by atoms with van der Waals surface area (Å²) < 4.78 is 24.5. The van der Waals surface area contributed by atoms with Crippen LogP contribution in [0.25, 0.3) is 0 Å². The van der Waals surface area contributed by atoms with Gasteiger partial charge in [0.05, 0.1) is 17.2 Å². The van der Waals surface area contributed by atoms with Gasteiger partial charge in [0.15, 0.2) is 0 Å². The van der Waals surface area contributed by atoms with Gasteiger partial charge in [-0.15, -0.1) is 0 Å². The second-order valence-corrected chi connectivity index (χ2v) is 1.72. The maximum Gasteiger partial charge on any atom is 0.310 e. The summed E-state index contributed by atoms with van der Waals surface area (Å²) in [5, 5.41) is 9.95. The zero-order valence-electron chi connectivity index (χ0n) is 5.12. The van der Waals surface area contributed by atoms with Crippen molar-refractivity contribution in [2.45, 2.75) is 0 Å². The summed E-state index contributed by atoms with van der Waals surface area (Å²) in [6, 6.07) is 0.426. The van der Waals surface area contributed by atoms with Crippen molar-refractivity contribution in [3.05, 3.63) is 34.1 Å². The van der Waals surface area contributed by atoms with Crippen LogP contribution in [0.2, 0.25) is 0 Å². The summed E-state index contributed by atoms with van der Waals surface area (Å²) in [6.07, 6.45) is 0.466. The predicted octanol–water partition coefficient (Wildman–Crippen LogP) is 1.27. The molecule has 0 aromatic carbocycles. The molecule has 0 aliphatic heterocycles. The molecular formula is C5H2F2N2O2. The van der Waals surface area contributed by atoms with Gasteiger partial charge < -0.3 is 0 Å². The Bertz CT molecular complexity index is 303. The second-order valence-electron chi connectivity index (χ2n) is 1.72. The minimum absolute atomic E-state index is 0.426. The van der Waals surface area contributed by atoms with Crippen molar-refractivity contribution in [1.29, 1.82) is 0 Å². The summed E-state index contributed by atoms with van der Waals surface area (Å²) in [6.45, 7) is 0. The average Bonchev–Trinajstić information content (AvgIpc) is 1.94. The Hall–Kier alpha value is -1.59. The number of nitrogens with zero attached hydrogens (tertiary/aromatic N) is 2. The molecule has 1 aromatic heterocycles. The monoisotopic (exact) mass is 160 g/mol. The SMILES string of the molecule is O=[N+]([O-])c1cc(F)ncc1F. The number of rotatable bonds is 1. The first kappa shape index (κ1) is 7.52. The molecule has 0 saturated heterocycles. The first-order valence-electron chi connectivity index (χ1n) is 2.56. The van der Waals surface area contributed by atoms with Crippen LogP contribution in [0.3, 0.4) is 0 Å². The Kier molecular flexibility index (Phi) is 1.75. The van der Waals surface area contributed by atoms with E-state index >= 15 is 0 Å². The molecule has 1 aromatic rings. The lowest BCUT2D eigenvalue weighted by Gasteiger charge is -1.91. The molecule has 0 unspecified atom stereocenters. The van der Waals surface area contributed by atoms with E-state index in [1.807, 2.05) is 0 Å². The van der Waals surface area contributed by atoms with Crippen molar-refractivity contribution in [2.24, 2.45) is 0 Å². The van der Waals surface area contributed by atoms with Gasteiger partial charge in [-0.1, -0.05) is 0 Å². The van der Waals surface area contributed by atoms with Crippen LogP contribution in [0.15, 0.2) is 12.3 Å². The van der Waals surface area contributed by atoms with Gasteiger partial charge >= 0.3 is 5.69 Å². The van der Waals surface area contributed by atoms with E-state index in [0.29, 0.717) is 12.3 Å². The molecule has 0 spiro atoms. The van der Waals surface area contributed by atoms with E-state index in [2.05, 4.69) is 4.98 Å². The summed E-state index contributed by atoms with van der Waals surface area (Å²) >= 11 is 0. The molecular weight excluding hydrogens is 158 g/mol. The van der Waals surface area contributed by atoms with E-state index in [0.717, 1.165) is 0 Å². The molecule has 0 amide bonds. The molecule has 0 N–H and O–H groups in total. The lowest BCUT2D eigenvalue weighted by atomic mass is 10.4. The highest BCUT2D eigenvalue weighted by molar-refractivity contribution is 5.28. The van der Waals surface area contributed by atoms with Crippen LogP contribution in [0.4, 0.5) is 14.5 Å². The normalized spacial score (nSPS) is 9.64. The number of pyridine rings is 1. The summed E-state index contributed by atoms with van der Waals surface area (Å²) in [5.41, 5.74) is -0.905. The van der Waals surface area contributed by atoms with Gasteiger partial charge in [-0.05, 0) is 0 Å². The Morgan fingerprint density at radius 2 is 2.18 bits per heavy atom. The van der Waals surface area contributed by atoms with Gasteiger partial charge in [0.25, 0.3) is 0 Å². The van der Waals surface area contributed by atoms with E-state index in [4.69, 9.17) is 0 Å². The van der Waals surface area contributed by atoms with Gasteiger partial charge in [-0.3, -0.25) is 10.1 Å². The third-order valence-corrected chi connectivity index (χ3v) is 0.998. The van der Waals surface area contributed by atoms with Gasteiger partial charge in [0.2, 0.25) is 11.8 Å². The van der Waals surface area contributed by atoms with Crippen LogP contribution in [-0.4, -0.2) is 9.91 Å². The van der Waals surface area contributed by atoms with Crippen LogP contribution in [-0.2, 0) is 0 Å². The molecule has 0 aliphatic rings. The molecule has 0 radical (unpaired) electrons. The molecule has 1 rings (SSSR count). The van der Waals surface area contributed by atoms with E-state index in [1.54, 1.807) is 0 Å². The lowest BCUT2D eigenvalue weighted by Crippen LogP contribution is -1.94. The third-order valence-electron chi connectivity index (χ3n) is 0.998. The maximum absolute atomic E-state index is 12.3.